The van der Waals surface area contributed by atoms with Crippen LogP contribution in [0.5, 0.6) is 0 Å². The predicted molar refractivity (Wildman–Crippen MR) is 137 cm³/mol. The largest absolute Gasteiger partial charge is 0.469 e. The summed E-state index contributed by atoms with van der Waals surface area (Å²) in [4.78, 5) is 63.3. The van der Waals surface area contributed by atoms with E-state index in [1.807, 2.05) is 13.8 Å². The molecule has 0 N–H and O–H groups in total. The number of non-ortho nitro benzene ring substituents is 1. The van der Waals surface area contributed by atoms with Gasteiger partial charge in [-0.15, -0.1) is 0 Å². The lowest BCUT2D eigenvalue weighted by Crippen LogP contribution is -2.64. The first-order valence-electron chi connectivity index (χ1n) is 13.2. The molecule has 1 aromatic heterocycles. The minimum Gasteiger partial charge on any atom is -0.469 e. The third kappa shape index (κ3) is 4.28. The van der Waals surface area contributed by atoms with Crippen LogP contribution in [0, 0.1) is 38.7 Å². The second-order valence-electron chi connectivity index (χ2n) is 11.5. The van der Waals surface area contributed by atoms with Crippen LogP contribution in [0.4, 0.5) is 5.69 Å². The predicted octanol–water partition coefficient (Wildman–Crippen LogP) is 4.58. The van der Waals surface area contributed by atoms with E-state index in [0.717, 1.165) is 0 Å². The van der Waals surface area contributed by atoms with Crippen LogP contribution >= 0.6 is 0 Å². The molecule has 0 radical (unpaired) electrons. The normalized spacial score (nSPS) is 33.2. The summed E-state index contributed by atoms with van der Waals surface area (Å²) in [5.74, 6) is -3.72. The molecule has 212 valence electrons. The molecule has 0 unspecified atom stereocenters. The number of cyclic esters (lactones) is 1. The topological polar surface area (TPSA) is 152 Å². The highest BCUT2D eigenvalue weighted by Crippen LogP contribution is 2.65. The summed E-state index contributed by atoms with van der Waals surface area (Å²) in [5.41, 5.74) is -0.945. The Morgan fingerprint density at radius 3 is 2.58 bits per heavy atom. The maximum absolute atomic E-state index is 14.0. The minimum atomic E-state index is -1.14. The van der Waals surface area contributed by atoms with E-state index < -0.39 is 63.6 Å². The lowest BCUT2D eigenvalue weighted by molar-refractivity contribution is -0.384. The molecular weight excluding hydrogens is 522 g/mol. The molecule has 2 aromatic rings. The molecule has 7 atom stereocenters. The Morgan fingerprint density at radius 2 is 1.90 bits per heavy atom. The smallest absolute Gasteiger partial charge is 0.310 e. The number of esters is 3. The number of nitrogens with zero attached hydrogens (tertiary/aromatic N) is 1. The van der Waals surface area contributed by atoms with Gasteiger partial charge in [0.05, 0.1) is 30.1 Å². The van der Waals surface area contributed by atoms with E-state index in [0.29, 0.717) is 29.7 Å². The first-order chi connectivity index (χ1) is 18.9. The zero-order valence-electron chi connectivity index (χ0n) is 22.7. The van der Waals surface area contributed by atoms with E-state index in [9.17, 15) is 29.3 Å². The van der Waals surface area contributed by atoms with Gasteiger partial charge in [-0.1, -0.05) is 26.0 Å². The fourth-order valence-electron chi connectivity index (χ4n) is 7.56. The van der Waals surface area contributed by atoms with Crippen molar-refractivity contribution in [3.05, 3.63) is 52.3 Å². The Morgan fingerprint density at radius 1 is 1.15 bits per heavy atom. The molecule has 0 amide bonds. The number of hydrogen-bond acceptors (Lipinski definition) is 10. The molecule has 1 saturated heterocycles. The molecule has 1 aromatic carbocycles. The number of carbonyl (C=O) groups excluding carboxylic acids is 4. The SMILES string of the molecule is COC(=O)[C@@H]1C[C@H](OC(C)=O)C(=O)[C@H]2[C@@]1(C)CC[C@H]1C(=O)O[C@H](c3ccoc3-c3cccc([N+](=O)[O-])c3)C[C@]21C. The van der Waals surface area contributed by atoms with Crippen molar-refractivity contribution >= 4 is 29.4 Å². The first-order valence-corrected chi connectivity index (χ1v) is 13.2. The summed E-state index contributed by atoms with van der Waals surface area (Å²) in [7, 11) is 1.29. The number of furan rings is 1. The van der Waals surface area contributed by atoms with Crippen molar-refractivity contribution < 1.29 is 42.7 Å². The number of benzene rings is 1. The third-order valence-corrected chi connectivity index (χ3v) is 9.26. The van der Waals surface area contributed by atoms with Gasteiger partial charge in [-0.3, -0.25) is 29.3 Å². The van der Waals surface area contributed by atoms with E-state index >= 15 is 0 Å². The molecule has 3 fully saturated rings. The standard InChI is InChI=1S/C29H31NO10/c1-15(31)39-21-13-20(26(33)37-4)28(2)10-8-19-27(34)40-22(14-29(19,3)25(28)23(21)32)18-9-11-38-24(18)16-6-5-7-17(12-16)30(35)36/h5-7,9,11-12,19-22,25H,8,10,13-14H2,1-4H3/t19-,20-,21-,22-,25-,28-,29-/m0/s1. The van der Waals surface area contributed by atoms with E-state index in [-0.39, 0.29) is 24.3 Å². The van der Waals surface area contributed by atoms with Gasteiger partial charge in [0.1, 0.15) is 11.9 Å². The van der Waals surface area contributed by atoms with E-state index in [1.165, 1.54) is 32.4 Å². The van der Waals surface area contributed by atoms with Crippen molar-refractivity contribution in [2.75, 3.05) is 7.11 Å². The minimum absolute atomic E-state index is 0.0192. The fourth-order valence-corrected chi connectivity index (χ4v) is 7.56. The molecular formula is C29H31NO10. The summed E-state index contributed by atoms with van der Waals surface area (Å²) >= 11 is 0. The van der Waals surface area contributed by atoms with Gasteiger partial charge in [-0.05, 0) is 36.2 Å². The Kier molecular flexibility index (Phi) is 6.79. The van der Waals surface area contributed by atoms with Crippen molar-refractivity contribution in [3.63, 3.8) is 0 Å². The zero-order valence-corrected chi connectivity index (χ0v) is 22.7. The summed E-state index contributed by atoms with van der Waals surface area (Å²) in [5, 5.41) is 11.3. The van der Waals surface area contributed by atoms with Crippen LogP contribution < -0.4 is 0 Å². The van der Waals surface area contributed by atoms with Gasteiger partial charge in [0.25, 0.3) is 5.69 Å². The number of Topliss-reactive ketones (excluding diaryl/α,β-unsaturated/α-hetero) is 1. The summed E-state index contributed by atoms with van der Waals surface area (Å²) in [6.07, 6.45) is 0.552. The van der Waals surface area contributed by atoms with Crippen molar-refractivity contribution in [2.45, 2.75) is 58.7 Å². The third-order valence-electron chi connectivity index (χ3n) is 9.26. The van der Waals surface area contributed by atoms with Gasteiger partial charge in [0, 0.05) is 42.5 Å². The van der Waals surface area contributed by atoms with Crippen molar-refractivity contribution in [3.8, 4) is 11.3 Å². The second-order valence-corrected chi connectivity index (χ2v) is 11.5. The lowest BCUT2D eigenvalue weighted by atomic mass is 9.43. The lowest BCUT2D eigenvalue weighted by Gasteiger charge is -2.61. The van der Waals surface area contributed by atoms with Crippen LogP contribution in [0.1, 0.15) is 58.1 Å². The summed E-state index contributed by atoms with van der Waals surface area (Å²) < 4.78 is 22.1. The van der Waals surface area contributed by atoms with Gasteiger partial charge in [0.2, 0.25) is 0 Å². The number of hydrogen-bond donors (Lipinski definition) is 0. The summed E-state index contributed by atoms with van der Waals surface area (Å²) in [6, 6.07) is 7.61. The van der Waals surface area contributed by atoms with Gasteiger partial charge < -0.3 is 18.6 Å². The van der Waals surface area contributed by atoms with Crippen LogP contribution in [-0.4, -0.2) is 41.8 Å². The average molecular weight is 554 g/mol. The highest BCUT2D eigenvalue weighted by Gasteiger charge is 2.68. The van der Waals surface area contributed by atoms with Crippen molar-refractivity contribution in [1.29, 1.82) is 0 Å². The van der Waals surface area contributed by atoms with Crippen molar-refractivity contribution in [1.82, 2.24) is 0 Å². The van der Waals surface area contributed by atoms with Gasteiger partial charge >= 0.3 is 17.9 Å². The van der Waals surface area contributed by atoms with Crippen LogP contribution in [0.25, 0.3) is 11.3 Å². The van der Waals surface area contributed by atoms with Crippen molar-refractivity contribution in [2.24, 2.45) is 28.6 Å². The first kappa shape index (κ1) is 27.5. The molecule has 0 spiro atoms. The highest BCUT2D eigenvalue weighted by atomic mass is 16.6. The number of ketones is 1. The molecule has 0 bridgehead atoms. The van der Waals surface area contributed by atoms with E-state index in [1.54, 1.807) is 18.2 Å². The molecule has 11 nitrogen and oxygen atoms in total. The fraction of sp³-hybridized carbons (Fsp3) is 0.517. The van der Waals surface area contributed by atoms with Crippen LogP contribution in [0.3, 0.4) is 0 Å². The van der Waals surface area contributed by atoms with Gasteiger partial charge in [-0.2, -0.15) is 0 Å². The van der Waals surface area contributed by atoms with E-state index in [4.69, 9.17) is 18.6 Å². The number of ether oxygens (including phenoxy) is 3. The number of nitro benzene ring substituents is 1. The maximum Gasteiger partial charge on any atom is 0.310 e. The number of methoxy groups -OCH3 is 1. The number of fused-ring (bicyclic) bond motifs is 3. The molecule has 11 heteroatoms. The summed E-state index contributed by atoms with van der Waals surface area (Å²) in [6.45, 7) is 4.95. The van der Waals surface area contributed by atoms with E-state index in [2.05, 4.69) is 0 Å². The Hall–Kier alpha value is -4.02. The monoisotopic (exact) mass is 553 g/mol. The quantitative estimate of drug-likeness (QED) is 0.223. The van der Waals surface area contributed by atoms with Crippen LogP contribution in [0.15, 0.2) is 41.0 Å². The zero-order chi connectivity index (χ0) is 29.0. The Bertz CT molecular complexity index is 1400. The molecule has 2 heterocycles. The molecule has 3 aliphatic rings. The molecule has 2 saturated carbocycles. The maximum atomic E-state index is 14.0. The second kappa shape index (κ2) is 9.87. The Balaban J connectivity index is 1.57. The Labute approximate surface area is 230 Å². The molecule has 1 aliphatic heterocycles. The number of nitro groups is 1. The molecule has 2 aliphatic carbocycles. The number of carbonyl (C=O) groups is 4. The highest BCUT2D eigenvalue weighted by molar-refractivity contribution is 5.93. The average Bonchev–Trinajstić information content (AvgIpc) is 3.39. The van der Waals surface area contributed by atoms with Crippen LogP contribution in [-0.2, 0) is 33.4 Å². The molecule has 5 rings (SSSR count). The van der Waals surface area contributed by atoms with Gasteiger partial charge in [0.15, 0.2) is 11.9 Å². The van der Waals surface area contributed by atoms with Crippen LogP contribution in [0.2, 0.25) is 0 Å². The van der Waals surface area contributed by atoms with Gasteiger partial charge in [-0.25, -0.2) is 0 Å². The molecule has 40 heavy (non-hydrogen) atoms. The number of rotatable bonds is 5.